The van der Waals surface area contributed by atoms with Crippen molar-refractivity contribution in [2.45, 2.75) is 38.8 Å². The van der Waals surface area contributed by atoms with Crippen LogP contribution in [0.5, 0.6) is 0 Å². The highest BCUT2D eigenvalue weighted by Crippen LogP contribution is 2.27. The summed E-state index contributed by atoms with van der Waals surface area (Å²) in [7, 11) is 0. The number of hydrogen-bond acceptors (Lipinski definition) is 4. The van der Waals surface area contributed by atoms with Gasteiger partial charge in [0.15, 0.2) is 0 Å². The van der Waals surface area contributed by atoms with E-state index in [1.807, 2.05) is 13.0 Å². The molecule has 1 unspecified atom stereocenters. The van der Waals surface area contributed by atoms with Gasteiger partial charge >= 0.3 is 0 Å². The molecule has 0 spiro atoms. The second-order valence-corrected chi connectivity index (χ2v) is 5.91. The monoisotopic (exact) mass is 275 g/mol. The average Bonchev–Trinajstić information content (AvgIpc) is 2.81. The van der Waals surface area contributed by atoms with E-state index in [2.05, 4.69) is 20.7 Å². The minimum atomic E-state index is -0.00468. The van der Waals surface area contributed by atoms with Gasteiger partial charge in [0.2, 0.25) is 5.56 Å². The van der Waals surface area contributed by atoms with Crippen LogP contribution in [-0.4, -0.2) is 9.97 Å². The molecule has 2 aromatic heterocycles. The Labute approximate surface area is 115 Å². The third kappa shape index (κ3) is 2.77. The van der Waals surface area contributed by atoms with Crippen LogP contribution < -0.4 is 10.9 Å². The van der Waals surface area contributed by atoms with Crippen molar-refractivity contribution in [2.75, 3.05) is 0 Å². The lowest BCUT2D eigenvalue weighted by Crippen LogP contribution is -2.27. The van der Waals surface area contributed by atoms with E-state index in [1.165, 1.54) is 5.56 Å². The maximum absolute atomic E-state index is 11.3. The average molecular weight is 275 g/mol. The Hall–Kier alpha value is -1.46. The number of H-pyrrole nitrogens is 1. The molecule has 0 fully saturated rings. The lowest BCUT2D eigenvalue weighted by atomic mass is 9.91. The summed E-state index contributed by atoms with van der Waals surface area (Å²) in [5.74, 6) is 0. The minimum absolute atomic E-state index is 0.00468. The van der Waals surface area contributed by atoms with E-state index < -0.39 is 0 Å². The van der Waals surface area contributed by atoms with E-state index in [0.717, 1.165) is 42.2 Å². The molecule has 1 aliphatic carbocycles. The number of aromatic nitrogens is 2. The van der Waals surface area contributed by atoms with Gasteiger partial charge in [-0.2, -0.15) is 0 Å². The van der Waals surface area contributed by atoms with Gasteiger partial charge in [-0.15, -0.1) is 11.3 Å². The fourth-order valence-corrected chi connectivity index (χ4v) is 3.33. The molecule has 0 saturated heterocycles. The fourth-order valence-electron chi connectivity index (χ4n) is 2.61. The molecule has 0 amide bonds. The first-order chi connectivity index (χ1) is 9.22. The molecule has 1 atom stereocenters. The van der Waals surface area contributed by atoms with Crippen LogP contribution in [0.1, 0.15) is 40.8 Å². The van der Waals surface area contributed by atoms with Crippen LogP contribution in [0.15, 0.2) is 22.3 Å². The Morgan fingerprint density at radius 1 is 1.53 bits per heavy atom. The largest absolute Gasteiger partial charge is 0.326 e. The van der Waals surface area contributed by atoms with Crippen LogP contribution >= 0.6 is 11.3 Å². The van der Waals surface area contributed by atoms with Gasteiger partial charge in [-0.3, -0.25) is 4.79 Å². The number of aryl methyl sites for hydroxylation is 2. The number of rotatable bonds is 3. The molecule has 2 N–H and O–H groups in total. The standard InChI is InChI=1S/C14H17N3OS/c1-9-8-19-14(16-9)7-15-11-3-2-4-12-10(11)5-6-13(18)17-12/h5-6,8,11,15H,2-4,7H2,1H3,(H,17,18). The highest BCUT2D eigenvalue weighted by atomic mass is 32.1. The van der Waals surface area contributed by atoms with Crippen molar-refractivity contribution in [3.8, 4) is 0 Å². The molecule has 5 heteroatoms. The van der Waals surface area contributed by atoms with E-state index >= 15 is 0 Å². The number of hydrogen-bond donors (Lipinski definition) is 2. The summed E-state index contributed by atoms with van der Waals surface area (Å²) in [6.45, 7) is 2.81. The number of nitrogens with zero attached hydrogens (tertiary/aromatic N) is 1. The molecule has 0 aliphatic heterocycles. The smallest absolute Gasteiger partial charge is 0.248 e. The summed E-state index contributed by atoms with van der Waals surface area (Å²) in [4.78, 5) is 18.8. The summed E-state index contributed by atoms with van der Waals surface area (Å²) in [5, 5.41) is 6.74. The van der Waals surface area contributed by atoms with E-state index in [0.29, 0.717) is 6.04 Å². The van der Waals surface area contributed by atoms with Crippen LogP contribution in [0.25, 0.3) is 0 Å². The lowest BCUT2D eigenvalue weighted by molar-refractivity contribution is 0.453. The van der Waals surface area contributed by atoms with Gasteiger partial charge in [0, 0.05) is 35.4 Å². The zero-order valence-electron chi connectivity index (χ0n) is 10.9. The molecule has 100 valence electrons. The Morgan fingerprint density at radius 2 is 2.42 bits per heavy atom. The first-order valence-electron chi connectivity index (χ1n) is 6.59. The summed E-state index contributed by atoms with van der Waals surface area (Å²) in [5.41, 5.74) is 3.40. The van der Waals surface area contributed by atoms with Crippen LogP contribution in [0, 0.1) is 6.92 Å². The van der Waals surface area contributed by atoms with Crippen molar-refractivity contribution in [1.29, 1.82) is 0 Å². The highest BCUT2D eigenvalue weighted by molar-refractivity contribution is 7.09. The number of nitrogens with one attached hydrogen (secondary N) is 2. The summed E-state index contributed by atoms with van der Waals surface area (Å²) in [6.07, 6.45) is 3.20. The first-order valence-corrected chi connectivity index (χ1v) is 7.47. The van der Waals surface area contributed by atoms with E-state index in [1.54, 1.807) is 17.4 Å². The fraction of sp³-hybridized carbons (Fsp3) is 0.429. The molecule has 1 aliphatic rings. The molecular weight excluding hydrogens is 258 g/mol. The Morgan fingerprint density at radius 3 is 3.21 bits per heavy atom. The highest BCUT2D eigenvalue weighted by Gasteiger charge is 2.20. The van der Waals surface area contributed by atoms with Crippen molar-refractivity contribution in [2.24, 2.45) is 0 Å². The molecule has 2 heterocycles. The summed E-state index contributed by atoms with van der Waals surface area (Å²) >= 11 is 1.69. The van der Waals surface area contributed by atoms with Gasteiger partial charge in [0.05, 0.1) is 0 Å². The van der Waals surface area contributed by atoms with Crippen LogP contribution in [0.4, 0.5) is 0 Å². The SMILES string of the molecule is Cc1csc(CNC2CCCc3[nH]c(=O)ccc32)n1. The van der Waals surface area contributed by atoms with Gasteiger partial charge in [0.25, 0.3) is 0 Å². The van der Waals surface area contributed by atoms with E-state index in [-0.39, 0.29) is 5.56 Å². The second kappa shape index (κ2) is 5.27. The number of aromatic amines is 1. The molecule has 0 bridgehead atoms. The first kappa shape index (κ1) is 12.6. The predicted molar refractivity (Wildman–Crippen MR) is 76.4 cm³/mol. The lowest BCUT2D eigenvalue weighted by Gasteiger charge is -2.25. The third-order valence-corrected chi connectivity index (χ3v) is 4.46. The Bertz CT molecular complexity index is 632. The Balaban J connectivity index is 1.75. The van der Waals surface area contributed by atoms with Crippen molar-refractivity contribution in [3.63, 3.8) is 0 Å². The van der Waals surface area contributed by atoms with Crippen LogP contribution in [0.3, 0.4) is 0 Å². The third-order valence-electron chi connectivity index (χ3n) is 3.50. The zero-order chi connectivity index (χ0) is 13.2. The molecule has 19 heavy (non-hydrogen) atoms. The molecule has 0 radical (unpaired) electrons. The van der Waals surface area contributed by atoms with Crippen LogP contribution in [0.2, 0.25) is 0 Å². The molecule has 0 aromatic carbocycles. The van der Waals surface area contributed by atoms with Gasteiger partial charge in [-0.25, -0.2) is 4.98 Å². The quantitative estimate of drug-likeness (QED) is 0.903. The number of fused-ring (bicyclic) bond motifs is 1. The minimum Gasteiger partial charge on any atom is -0.326 e. The van der Waals surface area contributed by atoms with Crippen molar-refractivity contribution >= 4 is 11.3 Å². The van der Waals surface area contributed by atoms with Gasteiger partial charge in [-0.1, -0.05) is 6.07 Å². The Kier molecular flexibility index (Phi) is 3.48. The van der Waals surface area contributed by atoms with Gasteiger partial charge in [-0.05, 0) is 31.7 Å². The predicted octanol–water partition coefficient (Wildman–Crippen LogP) is 2.31. The number of thiazole rings is 1. The van der Waals surface area contributed by atoms with Gasteiger partial charge < -0.3 is 10.3 Å². The van der Waals surface area contributed by atoms with E-state index in [4.69, 9.17) is 0 Å². The maximum Gasteiger partial charge on any atom is 0.248 e. The second-order valence-electron chi connectivity index (χ2n) is 4.96. The maximum atomic E-state index is 11.3. The molecule has 4 nitrogen and oxygen atoms in total. The summed E-state index contributed by atoms with van der Waals surface area (Å²) < 4.78 is 0. The van der Waals surface area contributed by atoms with Gasteiger partial charge in [0.1, 0.15) is 5.01 Å². The zero-order valence-corrected chi connectivity index (χ0v) is 11.7. The topological polar surface area (TPSA) is 57.8 Å². The normalized spacial score (nSPS) is 18.3. The summed E-state index contributed by atoms with van der Waals surface area (Å²) in [6, 6.07) is 3.90. The number of pyridine rings is 1. The molecule has 3 rings (SSSR count). The molecule has 2 aromatic rings. The van der Waals surface area contributed by atoms with Crippen molar-refractivity contribution < 1.29 is 0 Å². The molecule has 0 saturated carbocycles. The van der Waals surface area contributed by atoms with Crippen molar-refractivity contribution in [3.05, 3.63) is 49.8 Å². The van der Waals surface area contributed by atoms with Crippen molar-refractivity contribution in [1.82, 2.24) is 15.3 Å². The van der Waals surface area contributed by atoms with Crippen LogP contribution in [-0.2, 0) is 13.0 Å². The van der Waals surface area contributed by atoms with E-state index in [9.17, 15) is 4.79 Å². The molecular formula is C14H17N3OS.